The fourth-order valence-electron chi connectivity index (χ4n) is 7.23. The van der Waals surface area contributed by atoms with E-state index in [9.17, 15) is 19.5 Å². The van der Waals surface area contributed by atoms with E-state index in [4.69, 9.17) is 4.74 Å². The second-order valence-electron chi connectivity index (χ2n) is 11.3. The number of likely N-dealkylation sites (tertiary alicyclic amines) is 1. The van der Waals surface area contributed by atoms with Gasteiger partial charge in [0.05, 0.1) is 23.0 Å². The number of ether oxygens (including phenoxy) is 1. The van der Waals surface area contributed by atoms with Crippen molar-refractivity contribution in [1.29, 1.82) is 0 Å². The number of fused-ring (bicyclic) bond motifs is 2. The van der Waals surface area contributed by atoms with Gasteiger partial charge < -0.3 is 25.4 Å². The van der Waals surface area contributed by atoms with Crippen molar-refractivity contribution in [3.05, 3.63) is 60.2 Å². The Balaban J connectivity index is 1.28. The summed E-state index contributed by atoms with van der Waals surface area (Å²) in [5.41, 5.74) is 0.555. The van der Waals surface area contributed by atoms with Gasteiger partial charge in [-0.05, 0) is 49.8 Å². The van der Waals surface area contributed by atoms with Crippen molar-refractivity contribution in [2.45, 2.75) is 69.5 Å². The van der Waals surface area contributed by atoms with Crippen molar-refractivity contribution >= 4 is 28.8 Å². The zero-order valence-corrected chi connectivity index (χ0v) is 23.2. The standard InChI is InChI=1S/C30H36N6O5/c1-2-29-14-15-30(41-29)24(23(29)26(38)31-18-20-10-4-3-5-11-20)28(40)35(16-8-9-17-37)25(30)27(39)32-19-36-22-13-7-6-12-21(22)33-34-36/h3-7,10-13,23-25,37H,2,8-9,14-19H2,1H3,(H,31,38)(H,32,39)/t23-,24-,25?,29+,30?/m0/s1. The van der Waals surface area contributed by atoms with Crippen LogP contribution in [-0.2, 0) is 32.3 Å². The zero-order chi connectivity index (χ0) is 28.6. The maximum absolute atomic E-state index is 14.1. The molecule has 0 aliphatic carbocycles. The van der Waals surface area contributed by atoms with Crippen molar-refractivity contribution in [2.24, 2.45) is 11.8 Å². The Morgan fingerprint density at radius 2 is 1.83 bits per heavy atom. The number of rotatable bonds is 11. The minimum atomic E-state index is -1.10. The number of hydrogen-bond donors (Lipinski definition) is 3. The minimum absolute atomic E-state index is 0.00714. The molecule has 3 aliphatic heterocycles. The van der Waals surface area contributed by atoms with Crippen molar-refractivity contribution < 1.29 is 24.2 Å². The molecule has 1 spiro atoms. The third kappa shape index (κ3) is 4.47. The number of aliphatic hydroxyl groups is 1. The van der Waals surface area contributed by atoms with Gasteiger partial charge in [-0.1, -0.05) is 54.6 Å². The SMILES string of the molecule is CC[C@]12CCC3(O1)C(C(=O)NCn1nnc4ccccc41)N(CCCCO)C(=O)[C@@H]3[C@H]2C(=O)NCc1ccccc1. The van der Waals surface area contributed by atoms with Gasteiger partial charge in [0.2, 0.25) is 17.7 Å². The van der Waals surface area contributed by atoms with Crippen LogP contribution in [0.25, 0.3) is 11.0 Å². The fourth-order valence-corrected chi connectivity index (χ4v) is 7.23. The van der Waals surface area contributed by atoms with Crippen molar-refractivity contribution in [1.82, 2.24) is 30.5 Å². The van der Waals surface area contributed by atoms with Crippen LogP contribution in [0.4, 0.5) is 0 Å². The lowest BCUT2D eigenvalue weighted by Gasteiger charge is -2.34. The molecule has 3 fully saturated rings. The smallest absolute Gasteiger partial charge is 0.247 e. The number of carbonyl (C=O) groups excluding carboxylic acids is 3. The normalized spacial score (nSPS) is 28.3. The van der Waals surface area contributed by atoms with Crippen LogP contribution in [0.3, 0.4) is 0 Å². The molecular formula is C30H36N6O5. The van der Waals surface area contributed by atoms with E-state index in [0.717, 1.165) is 11.1 Å². The maximum Gasteiger partial charge on any atom is 0.247 e. The first-order valence-electron chi connectivity index (χ1n) is 14.4. The van der Waals surface area contributed by atoms with Gasteiger partial charge in [-0.15, -0.1) is 5.10 Å². The Morgan fingerprint density at radius 3 is 2.61 bits per heavy atom. The van der Waals surface area contributed by atoms with Gasteiger partial charge in [-0.2, -0.15) is 0 Å². The van der Waals surface area contributed by atoms with Crippen LogP contribution in [0.1, 0.15) is 44.6 Å². The fraction of sp³-hybridized carbons (Fsp3) is 0.500. The highest BCUT2D eigenvalue weighted by molar-refractivity contribution is 5.99. The highest BCUT2D eigenvalue weighted by Gasteiger charge is 2.78. The molecule has 0 saturated carbocycles. The van der Waals surface area contributed by atoms with Gasteiger partial charge in [0, 0.05) is 19.7 Å². The van der Waals surface area contributed by atoms with E-state index in [1.165, 1.54) is 0 Å². The second-order valence-corrected chi connectivity index (χ2v) is 11.3. The van der Waals surface area contributed by atoms with Gasteiger partial charge in [-0.25, -0.2) is 4.68 Å². The average Bonchev–Trinajstić information content (AvgIpc) is 3.72. The topological polar surface area (TPSA) is 139 Å². The number of unbranched alkanes of at least 4 members (excludes halogenated alkanes) is 1. The Labute approximate surface area is 238 Å². The summed E-state index contributed by atoms with van der Waals surface area (Å²) in [7, 11) is 0. The molecule has 2 bridgehead atoms. The number of aliphatic hydroxyl groups excluding tert-OH is 1. The lowest BCUT2D eigenvalue weighted by Crippen LogP contribution is -2.55. The van der Waals surface area contributed by atoms with Crippen LogP contribution in [0.5, 0.6) is 0 Å². The van der Waals surface area contributed by atoms with Crippen molar-refractivity contribution in [2.75, 3.05) is 13.2 Å². The third-order valence-electron chi connectivity index (χ3n) is 9.15. The van der Waals surface area contributed by atoms with Crippen LogP contribution in [0.2, 0.25) is 0 Å². The van der Waals surface area contributed by atoms with Gasteiger partial charge in [0.1, 0.15) is 23.8 Å². The molecule has 11 heteroatoms. The lowest BCUT2D eigenvalue weighted by molar-refractivity contribution is -0.148. The molecule has 3 saturated heterocycles. The predicted molar refractivity (Wildman–Crippen MR) is 149 cm³/mol. The van der Waals surface area contributed by atoms with E-state index >= 15 is 0 Å². The largest absolute Gasteiger partial charge is 0.396 e. The van der Waals surface area contributed by atoms with Crippen LogP contribution >= 0.6 is 0 Å². The lowest BCUT2D eigenvalue weighted by atomic mass is 9.65. The number of hydrogen-bond acceptors (Lipinski definition) is 7. The molecule has 2 aromatic carbocycles. The van der Waals surface area contributed by atoms with E-state index in [1.807, 2.05) is 61.5 Å². The first-order chi connectivity index (χ1) is 19.9. The molecule has 5 atom stereocenters. The number of nitrogens with one attached hydrogen (secondary N) is 2. The highest BCUT2D eigenvalue weighted by Crippen LogP contribution is 2.64. The molecule has 41 heavy (non-hydrogen) atoms. The molecular weight excluding hydrogens is 524 g/mol. The Bertz CT molecular complexity index is 1450. The molecule has 216 valence electrons. The number of aromatic nitrogens is 3. The van der Waals surface area contributed by atoms with Crippen LogP contribution in [0, 0.1) is 11.8 Å². The summed E-state index contributed by atoms with van der Waals surface area (Å²) in [4.78, 5) is 43.5. The van der Waals surface area contributed by atoms with Crippen LogP contribution in [-0.4, -0.2) is 73.1 Å². The minimum Gasteiger partial charge on any atom is -0.396 e. The first kappa shape index (κ1) is 27.3. The van der Waals surface area contributed by atoms with E-state index in [0.29, 0.717) is 50.7 Å². The molecule has 3 aliphatic rings. The molecule has 3 amide bonds. The molecule has 1 aromatic heterocycles. The highest BCUT2D eigenvalue weighted by atomic mass is 16.5. The molecule has 4 heterocycles. The van der Waals surface area contributed by atoms with E-state index in [2.05, 4.69) is 20.9 Å². The molecule has 2 unspecified atom stereocenters. The van der Waals surface area contributed by atoms with Crippen LogP contribution in [0.15, 0.2) is 54.6 Å². The Morgan fingerprint density at radius 1 is 1.05 bits per heavy atom. The van der Waals surface area contributed by atoms with Gasteiger partial charge in [-0.3, -0.25) is 14.4 Å². The predicted octanol–water partition coefficient (Wildman–Crippen LogP) is 1.75. The summed E-state index contributed by atoms with van der Waals surface area (Å²) >= 11 is 0. The summed E-state index contributed by atoms with van der Waals surface area (Å²) in [6.45, 7) is 2.69. The number of carbonyl (C=O) groups is 3. The number of benzene rings is 2. The van der Waals surface area contributed by atoms with E-state index in [-0.39, 0.29) is 31.0 Å². The second kappa shape index (κ2) is 10.9. The molecule has 3 aromatic rings. The van der Waals surface area contributed by atoms with E-state index in [1.54, 1.807) is 9.58 Å². The maximum atomic E-state index is 14.1. The van der Waals surface area contributed by atoms with Crippen LogP contribution < -0.4 is 10.6 Å². The summed E-state index contributed by atoms with van der Waals surface area (Å²) in [6.07, 6.45) is 2.71. The monoisotopic (exact) mass is 560 g/mol. The Hall–Kier alpha value is -3.83. The van der Waals surface area contributed by atoms with Gasteiger partial charge >= 0.3 is 0 Å². The molecule has 0 radical (unpaired) electrons. The van der Waals surface area contributed by atoms with E-state index < -0.39 is 29.1 Å². The summed E-state index contributed by atoms with van der Waals surface area (Å²) in [5.74, 6) is -2.26. The average molecular weight is 561 g/mol. The summed E-state index contributed by atoms with van der Waals surface area (Å²) < 4.78 is 8.39. The quantitative estimate of drug-likeness (QED) is 0.304. The number of nitrogens with zero attached hydrogens (tertiary/aromatic N) is 4. The van der Waals surface area contributed by atoms with Gasteiger partial charge in [0.15, 0.2) is 0 Å². The molecule has 11 nitrogen and oxygen atoms in total. The molecule has 6 rings (SSSR count). The summed E-state index contributed by atoms with van der Waals surface area (Å²) in [6, 6.07) is 16.2. The Kier molecular flexibility index (Phi) is 7.25. The van der Waals surface area contributed by atoms with Gasteiger partial charge in [0.25, 0.3) is 0 Å². The summed E-state index contributed by atoms with van der Waals surface area (Å²) in [5, 5.41) is 23.7. The van der Waals surface area contributed by atoms with Crippen molar-refractivity contribution in [3.8, 4) is 0 Å². The first-order valence-corrected chi connectivity index (χ1v) is 14.4. The number of para-hydroxylation sites is 1. The van der Waals surface area contributed by atoms with Crippen molar-refractivity contribution in [3.63, 3.8) is 0 Å². The third-order valence-corrected chi connectivity index (χ3v) is 9.15. The zero-order valence-electron chi connectivity index (χ0n) is 23.2. The number of amides is 3. The molecule has 3 N–H and O–H groups in total.